The number of ether oxygens (including phenoxy) is 1. The summed E-state index contributed by atoms with van der Waals surface area (Å²) in [7, 11) is 1.46. The summed E-state index contributed by atoms with van der Waals surface area (Å²) in [5.41, 5.74) is 0. The minimum absolute atomic E-state index is 0.0608. The minimum atomic E-state index is -0.109. The maximum Gasteiger partial charge on any atom is 0.322 e. The van der Waals surface area contributed by atoms with Crippen LogP contribution in [0.25, 0.3) is 0 Å². The van der Waals surface area contributed by atoms with Crippen LogP contribution >= 0.6 is 0 Å². The van der Waals surface area contributed by atoms with Crippen LogP contribution in [-0.2, 0) is 9.53 Å². The number of carbonyl (C=O) groups is 1. The molecule has 2 heterocycles. The first kappa shape index (κ1) is 10.9. The Bertz CT molecular complexity index is 227. The van der Waals surface area contributed by atoms with E-state index >= 15 is 0 Å². The van der Waals surface area contributed by atoms with E-state index in [1.54, 1.807) is 0 Å². The number of rotatable bonds is 3. The lowest BCUT2D eigenvalue weighted by atomic mass is 9.92. The van der Waals surface area contributed by atoms with E-state index in [-0.39, 0.29) is 12.0 Å². The van der Waals surface area contributed by atoms with E-state index in [0.717, 1.165) is 32.0 Å². The highest BCUT2D eigenvalue weighted by Crippen LogP contribution is 2.25. The molecule has 2 N–H and O–H groups in total. The van der Waals surface area contributed by atoms with E-state index in [4.69, 9.17) is 4.74 Å². The highest BCUT2D eigenvalue weighted by molar-refractivity contribution is 5.75. The zero-order valence-electron chi connectivity index (χ0n) is 9.29. The number of esters is 1. The summed E-state index contributed by atoms with van der Waals surface area (Å²) in [5.74, 6) is 1.36. The molecule has 3 atom stereocenters. The lowest BCUT2D eigenvalue weighted by Gasteiger charge is -2.13. The standard InChI is InChI=1S/C11H20N2O2/c1-15-11(14)10-5-9(7-13-10)4-8-2-3-12-6-8/h8-10,12-13H,2-7H2,1H3. The van der Waals surface area contributed by atoms with E-state index in [1.165, 1.54) is 20.0 Å². The summed E-state index contributed by atoms with van der Waals surface area (Å²) in [6, 6.07) is -0.0608. The molecule has 0 aromatic carbocycles. The topological polar surface area (TPSA) is 50.4 Å². The van der Waals surface area contributed by atoms with E-state index in [0.29, 0.717) is 5.92 Å². The zero-order valence-corrected chi connectivity index (χ0v) is 9.29. The maximum absolute atomic E-state index is 11.3. The van der Waals surface area contributed by atoms with E-state index in [9.17, 15) is 4.79 Å². The molecule has 0 aliphatic carbocycles. The molecule has 0 radical (unpaired) electrons. The molecule has 0 saturated carbocycles. The third-order valence-corrected chi connectivity index (χ3v) is 3.54. The first-order chi connectivity index (χ1) is 7.29. The molecule has 4 nitrogen and oxygen atoms in total. The van der Waals surface area contributed by atoms with Crippen molar-refractivity contribution >= 4 is 5.97 Å². The SMILES string of the molecule is COC(=O)C1CC(CC2CCNC2)CN1. The fourth-order valence-electron chi connectivity index (χ4n) is 2.70. The van der Waals surface area contributed by atoms with Crippen molar-refractivity contribution in [3.63, 3.8) is 0 Å². The second kappa shape index (κ2) is 4.94. The Kier molecular flexibility index (Phi) is 3.59. The summed E-state index contributed by atoms with van der Waals surface area (Å²) in [6.07, 6.45) is 3.48. The molecule has 4 heteroatoms. The van der Waals surface area contributed by atoms with Gasteiger partial charge < -0.3 is 15.4 Å². The fourth-order valence-corrected chi connectivity index (χ4v) is 2.70. The van der Waals surface area contributed by atoms with Crippen LogP contribution in [0, 0.1) is 11.8 Å². The number of hydrogen-bond acceptors (Lipinski definition) is 4. The van der Waals surface area contributed by atoms with E-state index in [2.05, 4.69) is 10.6 Å². The smallest absolute Gasteiger partial charge is 0.322 e. The molecule has 0 aromatic rings. The largest absolute Gasteiger partial charge is 0.468 e. The van der Waals surface area contributed by atoms with Gasteiger partial charge in [-0.15, -0.1) is 0 Å². The summed E-state index contributed by atoms with van der Waals surface area (Å²) in [5, 5.41) is 6.62. The first-order valence-electron chi connectivity index (χ1n) is 5.81. The van der Waals surface area contributed by atoms with Crippen molar-refractivity contribution in [2.45, 2.75) is 25.3 Å². The number of carbonyl (C=O) groups excluding carboxylic acids is 1. The number of hydrogen-bond donors (Lipinski definition) is 2. The van der Waals surface area contributed by atoms with Gasteiger partial charge >= 0.3 is 5.97 Å². The Morgan fingerprint density at radius 2 is 2.27 bits per heavy atom. The molecule has 0 spiro atoms. The van der Waals surface area contributed by atoms with Crippen LogP contribution in [0.1, 0.15) is 19.3 Å². The highest BCUT2D eigenvalue weighted by atomic mass is 16.5. The predicted octanol–water partition coefficient (Wildman–Crippen LogP) is 0.137. The van der Waals surface area contributed by atoms with Gasteiger partial charge in [0.05, 0.1) is 7.11 Å². The Labute approximate surface area is 90.8 Å². The van der Waals surface area contributed by atoms with Gasteiger partial charge in [0.1, 0.15) is 6.04 Å². The van der Waals surface area contributed by atoms with Gasteiger partial charge in [-0.1, -0.05) is 0 Å². The second-order valence-corrected chi connectivity index (χ2v) is 4.68. The first-order valence-corrected chi connectivity index (χ1v) is 5.81. The summed E-state index contributed by atoms with van der Waals surface area (Å²) in [4.78, 5) is 11.3. The van der Waals surface area contributed by atoms with E-state index < -0.39 is 0 Å². The van der Waals surface area contributed by atoms with Gasteiger partial charge in [0.25, 0.3) is 0 Å². The van der Waals surface area contributed by atoms with Gasteiger partial charge in [-0.25, -0.2) is 0 Å². The van der Waals surface area contributed by atoms with Gasteiger partial charge in [-0.05, 0) is 50.7 Å². The Morgan fingerprint density at radius 1 is 1.40 bits per heavy atom. The Morgan fingerprint density at radius 3 is 2.93 bits per heavy atom. The molecule has 2 saturated heterocycles. The molecule has 0 bridgehead atoms. The van der Waals surface area contributed by atoms with Gasteiger partial charge in [-0.2, -0.15) is 0 Å². The van der Waals surface area contributed by atoms with Gasteiger partial charge in [0, 0.05) is 0 Å². The maximum atomic E-state index is 11.3. The van der Waals surface area contributed by atoms with Crippen molar-refractivity contribution in [3.05, 3.63) is 0 Å². The second-order valence-electron chi connectivity index (χ2n) is 4.68. The van der Waals surface area contributed by atoms with Crippen molar-refractivity contribution in [1.29, 1.82) is 0 Å². The molecular weight excluding hydrogens is 192 g/mol. The third kappa shape index (κ3) is 2.69. The van der Waals surface area contributed by atoms with Crippen LogP contribution in [0.2, 0.25) is 0 Å². The molecule has 2 aliphatic heterocycles. The third-order valence-electron chi connectivity index (χ3n) is 3.54. The average molecular weight is 212 g/mol. The van der Waals surface area contributed by atoms with Crippen LogP contribution < -0.4 is 10.6 Å². The molecular formula is C11H20N2O2. The molecule has 3 unspecified atom stereocenters. The van der Waals surface area contributed by atoms with Crippen LogP contribution in [-0.4, -0.2) is 38.8 Å². The lowest BCUT2D eigenvalue weighted by Crippen LogP contribution is -2.31. The summed E-state index contributed by atoms with van der Waals surface area (Å²) >= 11 is 0. The zero-order chi connectivity index (χ0) is 10.7. The van der Waals surface area contributed by atoms with Crippen molar-refractivity contribution in [3.8, 4) is 0 Å². The molecule has 0 amide bonds. The molecule has 0 aromatic heterocycles. The fraction of sp³-hybridized carbons (Fsp3) is 0.909. The molecule has 2 aliphatic rings. The summed E-state index contributed by atoms with van der Waals surface area (Å²) < 4.78 is 4.74. The monoisotopic (exact) mass is 212 g/mol. The molecule has 15 heavy (non-hydrogen) atoms. The van der Waals surface area contributed by atoms with Crippen molar-refractivity contribution in [2.24, 2.45) is 11.8 Å². The molecule has 2 fully saturated rings. The van der Waals surface area contributed by atoms with Crippen molar-refractivity contribution < 1.29 is 9.53 Å². The van der Waals surface area contributed by atoms with Crippen LogP contribution in [0.15, 0.2) is 0 Å². The van der Waals surface area contributed by atoms with Gasteiger partial charge in [0.15, 0.2) is 0 Å². The van der Waals surface area contributed by atoms with Crippen molar-refractivity contribution in [1.82, 2.24) is 10.6 Å². The molecule has 2 rings (SSSR count). The van der Waals surface area contributed by atoms with E-state index in [1.807, 2.05) is 0 Å². The molecule has 86 valence electrons. The van der Waals surface area contributed by atoms with Crippen LogP contribution in [0.5, 0.6) is 0 Å². The average Bonchev–Trinajstić information content (AvgIpc) is 2.88. The predicted molar refractivity (Wildman–Crippen MR) is 57.5 cm³/mol. The number of methoxy groups -OCH3 is 1. The van der Waals surface area contributed by atoms with Crippen LogP contribution in [0.4, 0.5) is 0 Å². The summed E-state index contributed by atoms with van der Waals surface area (Å²) in [6.45, 7) is 3.28. The highest BCUT2D eigenvalue weighted by Gasteiger charge is 2.31. The van der Waals surface area contributed by atoms with Crippen molar-refractivity contribution in [2.75, 3.05) is 26.7 Å². The lowest BCUT2D eigenvalue weighted by molar-refractivity contribution is -0.142. The quantitative estimate of drug-likeness (QED) is 0.653. The minimum Gasteiger partial charge on any atom is -0.468 e. The number of nitrogens with one attached hydrogen (secondary N) is 2. The van der Waals surface area contributed by atoms with Gasteiger partial charge in [0.2, 0.25) is 0 Å². The normalized spacial score (nSPS) is 35.7. The Hall–Kier alpha value is -0.610. The van der Waals surface area contributed by atoms with Crippen LogP contribution in [0.3, 0.4) is 0 Å². The Balaban J connectivity index is 1.74. The van der Waals surface area contributed by atoms with Gasteiger partial charge in [-0.3, -0.25) is 4.79 Å².